The quantitative estimate of drug-likeness (QED) is 0.174. The lowest BCUT2D eigenvalue weighted by molar-refractivity contribution is -0.139. The zero-order valence-electron chi connectivity index (χ0n) is 20.3. The average molecular weight is 558 g/mol. The van der Waals surface area contributed by atoms with Gasteiger partial charge in [-0.1, -0.05) is 24.3 Å². The summed E-state index contributed by atoms with van der Waals surface area (Å²) in [7, 11) is 0. The number of carbonyl (C=O) groups is 2. The maximum Gasteiger partial charge on any atom is 0.417 e. The van der Waals surface area contributed by atoms with Crippen LogP contribution in [0.25, 0.3) is 33.4 Å². The van der Waals surface area contributed by atoms with Crippen molar-refractivity contribution < 1.29 is 35.9 Å². The molecule has 0 aliphatic rings. The van der Waals surface area contributed by atoms with Gasteiger partial charge in [-0.05, 0) is 81.9 Å². The molecule has 0 heterocycles. The van der Waals surface area contributed by atoms with E-state index in [1.54, 1.807) is 0 Å². The zero-order valence-corrected chi connectivity index (χ0v) is 20.3. The third-order valence-electron chi connectivity index (χ3n) is 6.18. The number of primary amides is 2. The van der Waals surface area contributed by atoms with Crippen LogP contribution in [-0.4, -0.2) is 11.8 Å². The van der Waals surface area contributed by atoms with E-state index in [9.17, 15) is 35.9 Å². The van der Waals surface area contributed by atoms with E-state index < -0.39 is 46.4 Å². The van der Waals surface area contributed by atoms with Gasteiger partial charge >= 0.3 is 12.4 Å². The second kappa shape index (κ2) is 9.95. The Hall–Kier alpha value is -5.00. The van der Waals surface area contributed by atoms with E-state index >= 15 is 0 Å². The van der Waals surface area contributed by atoms with Gasteiger partial charge in [0.25, 0.3) is 0 Å². The van der Waals surface area contributed by atoms with Gasteiger partial charge in [0, 0.05) is 22.5 Å². The Kier molecular flexibility index (Phi) is 6.97. The summed E-state index contributed by atoms with van der Waals surface area (Å²) in [5.74, 6) is -1.86. The highest BCUT2D eigenvalue weighted by atomic mass is 19.4. The van der Waals surface area contributed by atoms with Crippen molar-refractivity contribution in [3.63, 3.8) is 0 Å². The molecule has 40 heavy (non-hydrogen) atoms. The number of carbonyl (C=O) groups excluding carboxylic acids is 2. The highest BCUT2D eigenvalue weighted by molar-refractivity contribution is 6.01. The third kappa shape index (κ3) is 5.41. The average Bonchev–Trinajstić information content (AvgIpc) is 2.86. The molecule has 6 nitrogen and oxygen atoms in total. The number of nitrogen functional groups attached to an aromatic ring is 2. The van der Waals surface area contributed by atoms with E-state index in [2.05, 4.69) is 0 Å². The Morgan fingerprint density at radius 2 is 0.850 bits per heavy atom. The number of amides is 2. The SMILES string of the molecule is NC(=O)c1ccc(N)cc1-c1ccc(-c2ccc(-c3cc(N)ccc3C(N)=O)cc2C(F)(F)F)c(C(F)(F)F)c1. The first-order valence-corrected chi connectivity index (χ1v) is 11.4. The van der Waals surface area contributed by atoms with Crippen molar-refractivity contribution in [2.24, 2.45) is 11.5 Å². The largest absolute Gasteiger partial charge is 0.417 e. The molecule has 0 atom stereocenters. The van der Waals surface area contributed by atoms with Gasteiger partial charge in [-0.25, -0.2) is 0 Å². The minimum absolute atomic E-state index is 0.0170. The molecule has 0 aliphatic carbocycles. The summed E-state index contributed by atoms with van der Waals surface area (Å²) in [4.78, 5) is 23.7. The highest BCUT2D eigenvalue weighted by Gasteiger charge is 2.39. The number of halogens is 6. The first-order valence-electron chi connectivity index (χ1n) is 11.4. The summed E-state index contributed by atoms with van der Waals surface area (Å²) >= 11 is 0. The fraction of sp³-hybridized carbons (Fsp3) is 0.0714. The van der Waals surface area contributed by atoms with Crippen LogP contribution in [0.1, 0.15) is 31.8 Å². The van der Waals surface area contributed by atoms with E-state index in [-0.39, 0.29) is 44.8 Å². The Labute approximate surface area is 223 Å². The fourth-order valence-corrected chi connectivity index (χ4v) is 4.39. The molecule has 0 spiro atoms. The molecule has 4 aromatic carbocycles. The van der Waals surface area contributed by atoms with Crippen molar-refractivity contribution in [3.8, 4) is 33.4 Å². The molecule has 4 rings (SSSR count). The summed E-state index contributed by atoms with van der Waals surface area (Å²) in [6, 6.07) is 13.0. The van der Waals surface area contributed by atoms with Gasteiger partial charge in [0.05, 0.1) is 11.1 Å². The molecule has 12 heteroatoms. The molecule has 206 valence electrons. The van der Waals surface area contributed by atoms with Crippen LogP contribution in [0.15, 0.2) is 72.8 Å². The maximum absolute atomic E-state index is 14.3. The smallest absolute Gasteiger partial charge is 0.399 e. The second-order valence-electron chi connectivity index (χ2n) is 8.85. The van der Waals surface area contributed by atoms with Crippen molar-refractivity contribution in [2.45, 2.75) is 12.4 Å². The van der Waals surface area contributed by atoms with Gasteiger partial charge in [-0.2, -0.15) is 26.3 Å². The summed E-state index contributed by atoms with van der Waals surface area (Å²) in [6.45, 7) is 0. The minimum atomic E-state index is -5.09. The van der Waals surface area contributed by atoms with Crippen molar-refractivity contribution in [1.82, 2.24) is 0 Å². The molecule has 8 N–H and O–H groups in total. The minimum Gasteiger partial charge on any atom is -0.399 e. The standard InChI is InChI=1S/C28H20F6N4O2/c29-27(30,31)23-9-13(21-11-15(35)3-7-19(21)25(37)39)1-5-17(23)18-6-2-14(10-24(18)28(32,33)34)22-12-16(36)4-8-20(22)26(38)40/h1-12H,35-36H2,(H2,37,39)(H2,38,40). The van der Waals surface area contributed by atoms with E-state index in [0.717, 1.165) is 24.3 Å². The molecule has 0 radical (unpaired) electrons. The number of hydrogen-bond donors (Lipinski definition) is 4. The molecular formula is C28H20F6N4O2. The van der Waals surface area contributed by atoms with Crippen molar-refractivity contribution >= 4 is 23.2 Å². The van der Waals surface area contributed by atoms with Gasteiger partial charge in [-0.15, -0.1) is 0 Å². The maximum atomic E-state index is 14.3. The van der Waals surface area contributed by atoms with Crippen molar-refractivity contribution in [3.05, 3.63) is 95.1 Å². The van der Waals surface area contributed by atoms with Gasteiger partial charge in [0.1, 0.15) is 0 Å². The summed E-state index contributed by atoms with van der Waals surface area (Å²) in [5, 5.41) is 0. The predicted molar refractivity (Wildman–Crippen MR) is 139 cm³/mol. The molecule has 2 amide bonds. The lowest BCUT2D eigenvalue weighted by atomic mass is 9.88. The molecule has 0 saturated carbocycles. The number of rotatable bonds is 5. The van der Waals surface area contributed by atoms with E-state index in [1.807, 2.05) is 0 Å². The Morgan fingerprint density at radius 3 is 1.15 bits per heavy atom. The molecule has 0 bridgehead atoms. The van der Waals surface area contributed by atoms with Crippen LogP contribution in [0.5, 0.6) is 0 Å². The van der Waals surface area contributed by atoms with Gasteiger partial charge in [0.15, 0.2) is 0 Å². The number of anilines is 2. The van der Waals surface area contributed by atoms with Gasteiger partial charge in [0.2, 0.25) is 11.8 Å². The molecule has 0 saturated heterocycles. The zero-order chi connectivity index (χ0) is 29.6. The molecule has 0 fully saturated rings. The first kappa shape index (κ1) is 28.0. The fourth-order valence-electron chi connectivity index (χ4n) is 4.39. The number of nitrogens with two attached hydrogens (primary N) is 4. The summed E-state index contributed by atoms with van der Waals surface area (Å²) in [6.07, 6.45) is -10.2. The highest BCUT2D eigenvalue weighted by Crippen LogP contribution is 2.45. The van der Waals surface area contributed by atoms with E-state index in [0.29, 0.717) is 12.1 Å². The van der Waals surface area contributed by atoms with Crippen molar-refractivity contribution in [1.29, 1.82) is 0 Å². The van der Waals surface area contributed by atoms with Crippen LogP contribution in [-0.2, 0) is 12.4 Å². The van der Waals surface area contributed by atoms with Gasteiger partial charge < -0.3 is 22.9 Å². The monoisotopic (exact) mass is 558 g/mol. The third-order valence-corrected chi connectivity index (χ3v) is 6.18. The lowest BCUT2D eigenvalue weighted by Gasteiger charge is -2.20. The Balaban J connectivity index is 1.98. The number of benzene rings is 4. The Morgan fingerprint density at radius 1 is 0.500 bits per heavy atom. The molecule has 4 aromatic rings. The molecule has 0 aliphatic heterocycles. The van der Waals surface area contributed by atoms with Crippen molar-refractivity contribution in [2.75, 3.05) is 11.5 Å². The molecule has 0 aromatic heterocycles. The summed E-state index contributed by atoms with van der Waals surface area (Å²) < 4.78 is 85.6. The van der Waals surface area contributed by atoms with Crippen LogP contribution in [0.3, 0.4) is 0 Å². The van der Waals surface area contributed by atoms with Crippen LogP contribution < -0.4 is 22.9 Å². The first-order chi connectivity index (χ1) is 18.6. The van der Waals surface area contributed by atoms with Gasteiger partial charge in [-0.3, -0.25) is 9.59 Å². The number of alkyl halides is 6. The number of hydrogen-bond acceptors (Lipinski definition) is 4. The predicted octanol–water partition coefficient (Wildman–Crippen LogP) is 6.09. The Bertz CT molecular complexity index is 1540. The van der Waals surface area contributed by atoms with Crippen LogP contribution in [0, 0.1) is 0 Å². The second-order valence-corrected chi connectivity index (χ2v) is 8.85. The lowest BCUT2D eigenvalue weighted by Crippen LogP contribution is -2.14. The van der Waals surface area contributed by atoms with Crippen LogP contribution in [0.2, 0.25) is 0 Å². The summed E-state index contributed by atoms with van der Waals surface area (Å²) in [5.41, 5.74) is 17.6. The molecular weight excluding hydrogens is 538 g/mol. The van der Waals surface area contributed by atoms with E-state index in [4.69, 9.17) is 22.9 Å². The van der Waals surface area contributed by atoms with E-state index in [1.165, 1.54) is 36.4 Å². The molecule has 0 unspecified atom stereocenters. The normalized spacial score (nSPS) is 11.8. The topological polar surface area (TPSA) is 138 Å². The van der Waals surface area contributed by atoms with Crippen LogP contribution >= 0.6 is 0 Å². The van der Waals surface area contributed by atoms with Crippen LogP contribution in [0.4, 0.5) is 37.7 Å².